The normalized spacial score (nSPS) is 12.8. The van der Waals surface area contributed by atoms with Crippen LogP contribution in [0.3, 0.4) is 0 Å². The maximum atomic E-state index is 10.9. The van der Waals surface area contributed by atoms with Gasteiger partial charge in [-0.2, -0.15) is 0 Å². The Morgan fingerprint density at radius 1 is 1.62 bits per heavy atom. The van der Waals surface area contributed by atoms with E-state index in [0.29, 0.717) is 6.54 Å². The number of carbonyl (C=O) groups excluding carboxylic acids is 1. The molecule has 0 spiro atoms. The average molecular weight is 218 g/mol. The van der Waals surface area contributed by atoms with Gasteiger partial charge in [0.2, 0.25) is 5.91 Å². The fourth-order valence-electron chi connectivity index (χ4n) is 1.51. The molecule has 0 aliphatic heterocycles. The third kappa shape index (κ3) is 2.04. The van der Waals surface area contributed by atoms with Gasteiger partial charge in [0.1, 0.15) is 5.65 Å². The van der Waals surface area contributed by atoms with Crippen molar-refractivity contribution in [3.8, 4) is 0 Å². The lowest BCUT2D eigenvalue weighted by Crippen LogP contribution is -2.38. The second-order valence-electron chi connectivity index (χ2n) is 3.68. The first-order valence-electron chi connectivity index (χ1n) is 5.12. The maximum absolute atomic E-state index is 10.9. The molecule has 1 unspecified atom stereocenters. The third-order valence-corrected chi connectivity index (χ3v) is 2.53. The number of amides is 1. The number of nitrogens with one attached hydrogen (secondary N) is 1. The van der Waals surface area contributed by atoms with Gasteiger partial charge in [-0.3, -0.25) is 4.79 Å². The Balaban J connectivity index is 2.15. The van der Waals surface area contributed by atoms with E-state index in [9.17, 15) is 4.79 Å². The number of imidazole rings is 1. The first-order valence-corrected chi connectivity index (χ1v) is 5.12. The molecule has 2 aromatic heterocycles. The number of aromatic nitrogens is 2. The summed E-state index contributed by atoms with van der Waals surface area (Å²) in [5.41, 5.74) is 7.11. The first kappa shape index (κ1) is 10.6. The maximum Gasteiger partial charge on any atom is 0.234 e. The van der Waals surface area contributed by atoms with Gasteiger partial charge >= 0.3 is 0 Å². The lowest BCUT2D eigenvalue weighted by Gasteiger charge is -2.11. The monoisotopic (exact) mass is 218 g/mol. The lowest BCUT2D eigenvalue weighted by molar-refractivity contribution is -0.119. The zero-order valence-electron chi connectivity index (χ0n) is 9.05. The molecule has 1 atom stereocenters. The van der Waals surface area contributed by atoms with Crippen molar-refractivity contribution >= 4 is 11.6 Å². The van der Waals surface area contributed by atoms with Crippen LogP contribution in [0.2, 0.25) is 0 Å². The van der Waals surface area contributed by atoms with Gasteiger partial charge in [0, 0.05) is 24.6 Å². The molecule has 0 saturated carbocycles. The summed E-state index contributed by atoms with van der Waals surface area (Å²) in [5.74, 6) is -0.349. The molecule has 5 nitrogen and oxygen atoms in total. The molecule has 16 heavy (non-hydrogen) atoms. The van der Waals surface area contributed by atoms with Gasteiger partial charge in [0.05, 0.1) is 6.04 Å². The molecule has 0 aliphatic rings. The summed E-state index contributed by atoms with van der Waals surface area (Å²) in [7, 11) is 0. The van der Waals surface area contributed by atoms with Crippen LogP contribution in [0, 0.1) is 0 Å². The van der Waals surface area contributed by atoms with Gasteiger partial charge in [-0.25, -0.2) is 4.98 Å². The standard InChI is InChI=1S/C11H14N4O/c1-8(11(12)16)14-7-9-3-2-4-10-13-5-6-15(9)10/h2-6,8,14H,7H2,1H3,(H2,12,16). The highest BCUT2D eigenvalue weighted by Gasteiger charge is 2.08. The number of primary amides is 1. The van der Waals surface area contributed by atoms with Gasteiger partial charge in [0.15, 0.2) is 0 Å². The first-order chi connectivity index (χ1) is 7.68. The molecule has 84 valence electrons. The summed E-state index contributed by atoms with van der Waals surface area (Å²) in [6, 6.07) is 5.52. The van der Waals surface area contributed by atoms with Gasteiger partial charge in [-0.15, -0.1) is 0 Å². The predicted octanol–water partition coefficient (Wildman–Crippen LogP) is 0.298. The molecule has 1 amide bonds. The molecule has 0 aliphatic carbocycles. The van der Waals surface area contributed by atoms with Crippen molar-refractivity contribution in [1.29, 1.82) is 0 Å². The largest absolute Gasteiger partial charge is 0.368 e. The van der Waals surface area contributed by atoms with Gasteiger partial charge in [-0.1, -0.05) is 6.07 Å². The van der Waals surface area contributed by atoms with Crippen LogP contribution in [0.1, 0.15) is 12.6 Å². The molecule has 0 radical (unpaired) electrons. The summed E-state index contributed by atoms with van der Waals surface area (Å²) < 4.78 is 1.97. The van der Waals surface area contributed by atoms with E-state index in [0.717, 1.165) is 11.3 Å². The molecular weight excluding hydrogens is 204 g/mol. The van der Waals surface area contributed by atoms with Crippen molar-refractivity contribution in [3.05, 3.63) is 36.3 Å². The highest BCUT2D eigenvalue weighted by Crippen LogP contribution is 2.05. The van der Waals surface area contributed by atoms with E-state index in [1.54, 1.807) is 13.1 Å². The lowest BCUT2D eigenvalue weighted by atomic mass is 10.3. The number of nitrogens with zero attached hydrogens (tertiary/aromatic N) is 2. The number of nitrogens with two attached hydrogens (primary N) is 1. The van der Waals surface area contributed by atoms with Crippen molar-refractivity contribution in [2.24, 2.45) is 5.73 Å². The van der Waals surface area contributed by atoms with Crippen molar-refractivity contribution in [2.45, 2.75) is 19.5 Å². The Morgan fingerprint density at radius 3 is 3.19 bits per heavy atom. The number of hydrogen-bond acceptors (Lipinski definition) is 3. The number of hydrogen-bond donors (Lipinski definition) is 2. The molecule has 5 heteroatoms. The Bertz CT molecular complexity index is 505. The minimum atomic E-state index is -0.349. The van der Waals surface area contributed by atoms with Gasteiger partial charge < -0.3 is 15.5 Å². The van der Waals surface area contributed by atoms with Crippen LogP contribution in [-0.2, 0) is 11.3 Å². The molecule has 2 aromatic rings. The van der Waals surface area contributed by atoms with Crippen molar-refractivity contribution < 1.29 is 4.79 Å². The molecule has 0 fully saturated rings. The quantitative estimate of drug-likeness (QED) is 0.775. The number of pyridine rings is 1. The van der Waals surface area contributed by atoms with Crippen molar-refractivity contribution in [1.82, 2.24) is 14.7 Å². The van der Waals surface area contributed by atoms with Crippen LogP contribution in [0.15, 0.2) is 30.6 Å². The summed E-state index contributed by atoms with van der Waals surface area (Å²) in [4.78, 5) is 15.1. The van der Waals surface area contributed by atoms with Crippen LogP contribution in [-0.4, -0.2) is 21.3 Å². The highest BCUT2D eigenvalue weighted by molar-refractivity contribution is 5.79. The Kier molecular flexibility index (Phi) is 2.87. The smallest absolute Gasteiger partial charge is 0.234 e. The minimum Gasteiger partial charge on any atom is -0.368 e. The Morgan fingerprint density at radius 2 is 2.44 bits per heavy atom. The van der Waals surface area contributed by atoms with E-state index < -0.39 is 0 Å². The van der Waals surface area contributed by atoms with Crippen molar-refractivity contribution in [2.75, 3.05) is 0 Å². The molecule has 0 saturated heterocycles. The second-order valence-corrected chi connectivity index (χ2v) is 3.68. The molecule has 2 heterocycles. The SMILES string of the molecule is CC(NCc1cccc2nccn12)C(N)=O. The molecule has 0 aromatic carbocycles. The van der Waals surface area contributed by atoms with E-state index in [1.165, 1.54) is 0 Å². The van der Waals surface area contributed by atoms with E-state index in [1.807, 2.05) is 28.8 Å². The molecule has 3 N–H and O–H groups in total. The number of rotatable bonds is 4. The fourth-order valence-corrected chi connectivity index (χ4v) is 1.51. The Labute approximate surface area is 93.3 Å². The Hall–Kier alpha value is -1.88. The van der Waals surface area contributed by atoms with Crippen molar-refractivity contribution in [3.63, 3.8) is 0 Å². The topological polar surface area (TPSA) is 72.4 Å². The number of fused-ring (bicyclic) bond motifs is 1. The molecule has 2 rings (SSSR count). The molecular formula is C11H14N4O. The highest BCUT2D eigenvalue weighted by atomic mass is 16.1. The zero-order chi connectivity index (χ0) is 11.5. The summed E-state index contributed by atoms with van der Waals surface area (Å²) >= 11 is 0. The van der Waals surface area contributed by atoms with Gasteiger partial charge in [-0.05, 0) is 19.1 Å². The molecule has 0 bridgehead atoms. The average Bonchev–Trinajstić information content (AvgIpc) is 2.73. The minimum absolute atomic E-state index is 0.334. The summed E-state index contributed by atoms with van der Waals surface area (Å²) in [6.07, 6.45) is 3.64. The number of carbonyl (C=O) groups is 1. The van der Waals surface area contributed by atoms with Gasteiger partial charge in [0.25, 0.3) is 0 Å². The van der Waals surface area contributed by atoms with Crippen LogP contribution in [0.25, 0.3) is 5.65 Å². The zero-order valence-corrected chi connectivity index (χ0v) is 9.05. The van der Waals surface area contributed by atoms with Crippen LogP contribution >= 0.6 is 0 Å². The van der Waals surface area contributed by atoms with Crippen LogP contribution in [0.5, 0.6) is 0 Å². The van der Waals surface area contributed by atoms with E-state index in [-0.39, 0.29) is 11.9 Å². The predicted molar refractivity (Wildman–Crippen MR) is 60.7 cm³/mol. The summed E-state index contributed by atoms with van der Waals surface area (Å²) in [6.45, 7) is 2.33. The summed E-state index contributed by atoms with van der Waals surface area (Å²) in [5, 5.41) is 3.06. The fraction of sp³-hybridized carbons (Fsp3) is 0.273. The van der Waals surface area contributed by atoms with E-state index in [2.05, 4.69) is 10.3 Å². The van der Waals surface area contributed by atoms with E-state index in [4.69, 9.17) is 5.73 Å². The van der Waals surface area contributed by atoms with Crippen LogP contribution < -0.4 is 11.1 Å². The van der Waals surface area contributed by atoms with Crippen LogP contribution in [0.4, 0.5) is 0 Å². The van der Waals surface area contributed by atoms with E-state index >= 15 is 0 Å². The third-order valence-electron chi connectivity index (χ3n) is 2.53. The second kappa shape index (κ2) is 4.32.